The van der Waals surface area contributed by atoms with Crippen molar-refractivity contribution in [1.29, 1.82) is 0 Å². The Bertz CT molecular complexity index is 1340. The van der Waals surface area contributed by atoms with Crippen LogP contribution in [0.5, 0.6) is 0 Å². The maximum Gasteiger partial charge on any atom is 0.255 e. The van der Waals surface area contributed by atoms with Gasteiger partial charge >= 0.3 is 0 Å². The number of hydrogen-bond acceptors (Lipinski definition) is 7. The third-order valence-corrected chi connectivity index (χ3v) is 6.81. The van der Waals surface area contributed by atoms with Gasteiger partial charge in [-0.2, -0.15) is 0 Å². The third kappa shape index (κ3) is 5.64. The van der Waals surface area contributed by atoms with Crippen molar-refractivity contribution in [3.63, 3.8) is 0 Å². The summed E-state index contributed by atoms with van der Waals surface area (Å²) in [6.07, 6.45) is -1.53. The fourth-order valence-corrected chi connectivity index (χ4v) is 4.80. The van der Waals surface area contributed by atoms with E-state index in [9.17, 15) is 14.7 Å². The third-order valence-electron chi connectivity index (χ3n) is 5.96. The molecule has 0 bridgehead atoms. The van der Waals surface area contributed by atoms with E-state index < -0.39 is 18.1 Å². The van der Waals surface area contributed by atoms with E-state index in [0.29, 0.717) is 21.9 Å². The smallest absolute Gasteiger partial charge is 0.255 e. The summed E-state index contributed by atoms with van der Waals surface area (Å²) < 4.78 is 0.820. The first kappa shape index (κ1) is 25.2. The highest BCUT2D eigenvalue weighted by molar-refractivity contribution is 7.22. The van der Waals surface area contributed by atoms with Crippen LogP contribution in [0.2, 0.25) is 0 Å². The van der Waals surface area contributed by atoms with Gasteiger partial charge in [-0.3, -0.25) is 9.59 Å². The maximum absolute atomic E-state index is 13.1. The fraction of sp³-hybridized carbons (Fsp3) is 0.222. The van der Waals surface area contributed by atoms with Crippen LogP contribution in [0.1, 0.15) is 35.8 Å². The van der Waals surface area contributed by atoms with E-state index >= 15 is 0 Å². The van der Waals surface area contributed by atoms with Gasteiger partial charge in [0.05, 0.1) is 16.3 Å². The zero-order chi connectivity index (χ0) is 25.7. The molecular weight excluding hydrogens is 474 g/mol. The second-order valence-corrected chi connectivity index (χ2v) is 9.31. The number of nitrogens with zero attached hydrogens (tertiary/aromatic N) is 2. The van der Waals surface area contributed by atoms with Gasteiger partial charge in [-0.25, -0.2) is 4.98 Å². The molecule has 0 fully saturated rings. The number of benzene rings is 3. The quantitative estimate of drug-likeness (QED) is 0.272. The molecule has 9 heteroatoms. The van der Waals surface area contributed by atoms with Crippen molar-refractivity contribution >= 4 is 49.9 Å². The molecule has 0 spiro atoms. The molecule has 0 aliphatic heterocycles. The normalized spacial score (nSPS) is 12.6. The van der Waals surface area contributed by atoms with Crippen LogP contribution in [0.4, 0.5) is 16.5 Å². The topological polar surface area (TPSA) is 121 Å². The number of nitrogens with two attached hydrogens (primary N) is 1. The number of aromatic nitrogens is 1. The van der Waals surface area contributed by atoms with E-state index in [1.165, 1.54) is 11.3 Å². The van der Waals surface area contributed by atoms with Crippen LogP contribution in [0.25, 0.3) is 10.2 Å². The minimum atomic E-state index is -1.53. The van der Waals surface area contributed by atoms with Gasteiger partial charge in [-0.05, 0) is 61.9 Å². The molecule has 0 radical (unpaired) electrons. The van der Waals surface area contributed by atoms with Crippen LogP contribution in [0.15, 0.2) is 72.8 Å². The van der Waals surface area contributed by atoms with E-state index in [-0.39, 0.29) is 5.91 Å². The lowest BCUT2D eigenvalue weighted by Gasteiger charge is -2.24. The lowest BCUT2D eigenvalue weighted by atomic mass is 10.00. The van der Waals surface area contributed by atoms with Crippen LogP contribution in [0.3, 0.4) is 0 Å². The Hall–Kier alpha value is -3.95. The van der Waals surface area contributed by atoms with Gasteiger partial charge in [0.15, 0.2) is 11.2 Å². The number of carbonyl (C=O) groups is 2. The summed E-state index contributed by atoms with van der Waals surface area (Å²) in [5, 5.41) is 17.0. The number of anilines is 3. The van der Waals surface area contributed by atoms with Gasteiger partial charge < -0.3 is 26.4 Å². The zero-order valence-corrected chi connectivity index (χ0v) is 21.0. The molecule has 2 unspecified atom stereocenters. The molecule has 0 saturated carbocycles. The highest BCUT2D eigenvalue weighted by Gasteiger charge is 2.29. The number of carbonyl (C=O) groups excluding carboxylic acids is 2. The maximum atomic E-state index is 13.1. The van der Waals surface area contributed by atoms with Crippen molar-refractivity contribution < 1.29 is 14.7 Å². The van der Waals surface area contributed by atoms with Crippen LogP contribution < -0.4 is 21.3 Å². The molecule has 36 heavy (non-hydrogen) atoms. The highest BCUT2D eigenvalue weighted by Crippen LogP contribution is 2.27. The molecule has 4 rings (SSSR count). The zero-order valence-electron chi connectivity index (χ0n) is 20.1. The van der Waals surface area contributed by atoms with Crippen molar-refractivity contribution in [1.82, 2.24) is 10.3 Å². The first-order valence-corrected chi connectivity index (χ1v) is 12.6. The Morgan fingerprint density at radius 1 is 1.03 bits per heavy atom. The Morgan fingerprint density at radius 3 is 2.39 bits per heavy atom. The van der Waals surface area contributed by atoms with Gasteiger partial charge in [-0.15, -0.1) is 0 Å². The Morgan fingerprint density at radius 2 is 1.72 bits per heavy atom. The molecule has 1 heterocycles. The largest absolute Gasteiger partial charge is 0.381 e. The summed E-state index contributed by atoms with van der Waals surface area (Å²) in [6.45, 7) is 5.88. The van der Waals surface area contributed by atoms with Gasteiger partial charge in [0.2, 0.25) is 0 Å². The standard InChI is InChI=1S/C27H29N5O3S/c1-3-32(4-2)20-13-10-18(11-14-20)25(34)31-23(17-8-6-5-7-9-17)24(33)26(35)29-19-12-15-21-22(16-19)36-27(28)30-21/h5-16,23-24,33H,3-4H2,1-2H3,(H2,28,30)(H,29,35)(H,31,34). The van der Waals surface area contributed by atoms with Crippen molar-refractivity contribution in [3.8, 4) is 0 Å². The van der Waals surface area contributed by atoms with Crippen molar-refractivity contribution in [2.24, 2.45) is 0 Å². The summed E-state index contributed by atoms with van der Waals surface area (Å²) in [6, 6.07) is 20.5. The van der Waals surface area contributed by atoms with Crippen molar-refractivity contribution in [2.75, 3.05) is 29.0 Å². The summed E-state index contributed by atoms with van der Waals surface area (Å²) >= 11 is 1.31. The molecule has 0 aliphatic rings. The monoisotopic (exact) mass is 503 g/mol. The lowest BCUT2D eigenvalue weighted by Crippen LogP contribution is -2.42. The molecule has 186 valence electrons. The second kappa shape index (κ2) is 11.2. The van der Waals surface area contributed by atoms with Crippen molar-refractivity contribution in [3.05, 3.63) is 83.9 Å². The van der Waals surface area contributed by atoms with Crippen LogP contribution in [0, 0.1) is 0 Å². The summed E-state index contributed by atoms with van der Waals surface area (Å²) in [5.74, 6) is -1.03. The number of thiazole rings is 1. The number of nitrogens with one attached hydrogen (secondary N) is 2. The van der Waals surface area contributed by atoms with Crippen LogP contribution in [-0.4, -0.2) is 41.1 Å². The summed E-state index contributed by atoms with van der Waals surface area (Å²) in [5.41, 5.74) is 9.07. The molecule has 8 nitrogen and oxygen atoms in total. The number of rotatable bonds is 9. The van der Waals surface area contributed by atoms with E-state index in [4.69, 9.17) is 5.73 Å². The van der Waals surface area contributed by atoms with E-state index in [1.54, 1.807) is 54.6 Å². The van der Waals surface area contributed by atoms with Crippen LogP contribution in [-0.2, 0) is 4.79 Å². The highest BCUT2D eigenvalue weighted by atomic mass is 32.1. The van der Waals surface area contributed by atoms with Gasteiger partial charge in [0.25, 0.3) is 11.8 Å². The molecule has 2 amide bonds. The molecule has 1 aromatic heterocycles. The number of nitrogen functional groups attached to an aromatic ring is 1. The van der Waals surface area contributed by atoms with E-state index in [2.05, 4.69) is 34.4 Å². The second-order valence-electron chi connectivity index (χ2n) is 8.25. The SMILES string of the molecule is CCN(CC)c1ccc(C(=O)NC(c2ccccc2)C(O)C(=O)Nc2ccc3nc(N)sc3c2)cc1. The average molecular weight is 504 g/mol. The molecule has 5 N–H and O–H groups in total. The Kier molecular flexibility index (Phi) is 7.82. The number of aliphatic hydroxyl groups excluding tert-OH is 1. The summed E-state index contributed by atoms with van der Waals surface area (Å²) in [7, 11) is 0. The first-order chi connectivity index (χ1) is 17.4. The minimum absolute atomic E-state index is 0.386. The van der Waals surface area contributed by atoms with Crippen LogP contribution >= 0.6 is 11.3 Å². The van der Waals surface area contributed by atoms with Gasteiger partial charge in [0.1, 0.15) is 0 Å². The molecule has 0 aliphatic carbocycles. The summed E-state index contributed by atoms with van der Waals surface area (Å²) in [4.78, 5) is 32.5. The van der Waals surface area contributed by atoms with E-state index in [1.807, 2.05) is 18.2 Å². The predicted octanol–water partition coefficient (Wildman–Crippen LogP) is 4.20. The van der Waals surface area contributed by atoms with E-state index in [0.717, 1.165) is 29.0 Å². The minimum Gasteiger partial charge on any atom is -0.381 e. The number of hydrogen-bond donors (Lipinski definition) is 4. The molecule has 0 saturated heterocycles. The predicted molar refractivity (Wildman–Crippen MR) is 145 cm³/mol. The Labute approximate surface area is 213 Å². The fourth-order valence-electron chi connectivity index (χ4n) is 4.03. The lowest BCUT2D eigenvalue weighted by molar-refractivity contribution is -0.125. The average Bonchev–Trinajstić information content (AvgIpc) is 3.27. The first-order valence-electron chi connectivity index (χ1n) is 11.8. The van der Waals surface area contributed by atoms with Crippen molar-refractivity contribution in [2.45, 2.75) is 26.0 Å². The number of aliphatic hydroxyl groups is 1. The molecule has 3 aromatic carbocycles. The number of fused-ring (bicyclic) bond motifs is 1. The molecule has 4 aromatic rings. The Balaban J connectivity index is 1.53. The molecular formula is C27H29N5O3S. The van der Waals surface area contributed by atoms with Gasteiger partial charge in [-0.1, -0.05) is 41.7 Å². The number of amides is 2. The van der Waals surface area contributed by atoms with Gasteiger partial charge in [0, 0.05) is 30.0 Å². The molecule has 2 atom stereocenters.